The Kier molecular flexibility index (Phi) is 12.1. The molecular formula is C38H43N5O6. The van der Waals surface area contributed by atoms with Crippen LogP contribution in [0.2, 0.25) is 0 Å². The number of benzene rings is 4. The van der Waals surface area contributed by atoms with Crippen molar-refractivity contribution in [1.82, 2.24) is 10.6 Å². The molecule has 256 valence electrons. The minimum atomic E-state index is -0.953. The van der Waals surface area contributed by atoms with Crippen LogP contribution in [0, 0.1) is 0 Å². The third-order valence-electron chi connectivity index (χ3n) is 8.34. The van der Waals surface area contributed by atoms with Crippen molar-refractivity contribution in [3.05, 3.63) is 84.9 Å². The molecule has 0 aromatic heterocycles. The SMILES string of the molecule is COC(=O)[C@@H]1C/C=C/COc2cc(c3ccccc3c2)-c2c(ccc3ccccc23)OCCCC(=O)N[C@H](CCCCN=C(N)N)C(=O)N1. The zero-order chi connectivity index (χ0) is 34.6. The van der Waals surface area contributed by atoms with E-state index < -0.39 is 24.0 Å². The van der Waals surface area contributed by atoms with Gasteiger partial charge in [-0.3, -0.25) is 14.6 Å². The molecule has 2 bridgehead atoms. The fourth-order valence-corrected chi connectivity index (χ4v) is 5.91. The van der Waals surface area contributed by atoms with Crippen molar-refractivity contribution >= 4 is 45.3 Å². The van der Waals surface area contributed by atoms with E-state index in [2.05, 4.69) is 33.8 Å². The molecule has 0 spiro atoms. The summed E-state index contributed by atoms with van der Waals surface area (Å²) in [6.07, 6.45) is 5.79. The van der Waals surface area contributed by atoms with Crippen molar-refractivity contribution in [2.75, 3.05) is 26.9 Å². The summed E-state index contributed by atoms with van der Waals surface area (Å²) in [6.45, 7) is 0.903. The van der Waals surface area contributed by atoms with Crippen LogP contribution in [0.4, 0.5) is 0 Å². The number of unbranched alkanes of at least 4 members (excludes halogenated alkanes) is 1. The van der Waals surface area contributed by atoms with Crippen LogP contribution >= 0.6 is 0 Å². The Labute approximate surface area is 285 Å². The molecule has 1 heterocycles. The number of ether oxygens (including phenoxy) is 3. The van der Waals surface area contributed by atoms with Gasteiger partial charge in [-0.05, 0) is 77.4 Å². The van der Waals surface area contributed by atoms with Crippen molar-refractivity contribution in [1.29, 1.82) is 0 Å². The number of fused-ring (bicyclic) bond motifs is 8. The molecule has 0 fully saturated rings. The Morgan fingerprint density at radius 1 is 0.918 bits per heavy atom. The number of rotatable bonds is 6. The molecule has 1 aliphatic rings. The number of carbonyl (C=O) groups is 3. The third-order valence-corrected chi connectivity index (χ3v) is 8.34. The smallest absolute Gasteiger partial charge is 0.328 e. The van der Waals surface area contributed by atoms with Crippen molar-refractivity contribution < 1.29 is 28.6 Å². The summed E-state index contributed by atoms with van der Waals surface area (Å²) in [5.41, 5.74) is 12.7. The molecule has 4 aromatic carbocycles. The molecule has 0 saturated carbocycles. The van der Waals surface area contributed by atoms with Gasteiger partial charge in [-0.1, -0.05) is 66.7 Å². The van der Waals surface area contributed by atoms with Gasteiger partial charge in [0.05, 0.1) is 13.7 Å². The van der Waals surface area contributed by atoms with E-state index in [9.17, 15) is 14.4 Å². The van der Waals surface area contributed by atoms with Crippen molar-refractivity contribution in [2.45, 2.75) is 50.6 Å². The summed E-state index contributed by atoms with van der Waals surface area (Å²) in [5, 5.41) is 9.77. The average Bonchev–Trinajstić information content (AvgIpc) is 3.10. The summed E-state index contributed by atoms with van der Waals surface area (Å²) in [4.78, 5) is 43.2. The molecule has 4 aromatic rings. The first-order valence-electron chi connectivity index (χ1n) is 16.5. The fourth-order valence-electron chi connectivity index (χ4n) is 5.91. The summed E-state index contributed by atoms with van der Waals surface area (Å²) >= 11 is 0. The fraction of sp³-hybridized carbons (Fsp3) is 0.316. The first-order chi connectivity index (χ1) is 23.8. The van der Waals surface area contributed by atoms with Crippen LogP contribution in [-0.2, 0) is 19.1 Å². The zero-order valence-electron chi connectivity index (χ0n) is 27.7. The highest BCUT2D eigenvalue weighted by Gasteiger charge is 2.26. The Bertz CT molecular complexity index is 1850. The van der Waals surface area contributed by atoms with Crippen LogP contribution in [0.3, 0.4) is 0 Å². The standard InChI is InChI=1S/C38H43N5O6/c1-47-37(46)32-16-7-9-21-48-27-23-26-12-3-4-13-28(26)30(24-27)35-29-14-5-2-11-25(29)18-19-33(35)49-22-10-17-34(44)42-31(36(45)43-32)15-6-8-20-41-38(39)40/h2-5,7,9,11-14,18-19,23-24,31-32H,6,8,10,15-17,20-22H2,1H3,(H,42,44)(H,43,45)(H4,39,40,41)/b9-7+/t31-,32+/m1/s1. The predicted molar refractivity (Wildman–Crippen MR) is 191 cm³/mol. The van der Waals surface area contributed by atoms with Crippen LogP contribution in [0.15, 0.2) is 89.9 Å². The normalized spacial score (nSPS) is 18.1. The molecule has 0 aliphatic carbocycles. The Hall–Kier alpha value is -5.58. The number of amides is 2. The highest BCUT2D eigenvalue weighted by molar-refractivity contribution is 6.08. The predicted octanol–water partition coefficient (Wildman–Crippen LogP) is 4.74. The lowest BCUT2D eigenvalue weighted by Crippen LogP contribution is -2.51. The van der Waals surface area contributed by atoms with Gasteiger partial charge in [0.15, 0.2) is 5.96 Å². The maximum absolute atomic E-state index is 13.4. The van der Waals surface area contributed by atoms with E-state index in [4.69, 9.17) is 25.7 Å². The van der Waals surface area contributed by atoms with E-state index in [0.717, 1.165) is 32.7 Å². The number of nitrogens with zero attached hydrogens (tertiary/aromatic N) is 1. The number of hydrogen-bond acceptors (Lipinski definition) is 7. The molecule has 0 radical (unpaired) electrons. The number of aliphatic imine (C=N–C) groups is 1. The van der Waals surface area contributed by atoms with E-state index in [-0.39, 0.29) is 37.9 Å². The largest absolute Gasteiger partial charge is 0.493 e. The lowest BCUT2D eigenvalue weighted by molar-refractivity contribution is -0.145. The summed E-state index contributed by atoms with van der Waals surface area (Å²) in [5.74, 6) is -0.0168. The lowest BCUT2D eigenvalue weighted by Gasteiger charge is -2.22. The maximum Gasteiger partial charge on any atom is 0.328 e. The molecule has 49 heavy (non-hydrogen) atoms. The number of esters is 1. The van der Waals surface area contributed by atoms with Gasteiger partial charge in [0.2, 0.25) is 11.8 Å². The zero-order valence-corrected chi connectivity index (χ0v) is 27.7. The Morgan fingerprint density at radius 3 is 2.49 bits per heavy atom. The Morgan fingerprint density at radius 2 is 1.69 bits per heavy atom. The number of methoxy groups -OCH3 is 1. The molecule has 6 N–H and O–H groups in total. The van der Waals surface area contributed by atoms with E-state index in [1.807, 2.05) is 54.6 Å². The van der Waals surface area contributed by atoms with Gasteiger partial charge in [0, 0.05) is 18.5 Å². The molecule has 0 saturated heterocycles. The van der Waals surface area contributed by atoms with Gasteiger partial charge in [-0.2, -0.15) is 0 Å². The average molecular weight is 666 g/mol. The maximum atomic E-state index is 13.4. The first kappa shape index (κ1) is 34.7. The lowest BCUT2D eigenvalue weighted by atomic mass is 9.93. The van der Waals surface area contributed by atoms with Crippen molar-refractivity contribution in [2.24, 2.45) is 16.5 Å². The number of nitrogens with one attached hydrogen (secondary N) is 2. The summed E-state index contributed by atoms with van der Waals surface area (Å²) in [7, 11) is 1.27. The molecule has 11 heteroatoms. The second-order valence-corrected chi connectivity index (χ2v) is 11.8. The quantitative estimate of drug-likeness (QED) is 0.0753. The van der Waals surface area contributed by atoms with Crippen LogP contribution < -0.4 is 31.6 Å². The summed E-state index contributed by atoms with van der Waals surface area (Å²) in [6, 6.07) is 22.5. The van der Waals surface area contributed by atoms with Gasteiger partial charge in [-0.15, -0.1) is 0 Å². The van der Waals surface area contributed by atoms with Gasteiger partial charge in [0.25, 0.3) is 0 Å². The van der Waals surface area contributed by atoms with Gasteiger partial charge >= 0.3 is 5.97 Å². The summed E-state index contributed by atoms with van der Waals surface area (Å²) < 4.78 is 17.6. The van der Waals surface area contributed by atoms with Crippen molar-refractivity contribution in [3.63, 3.8) is 0 Å². The van der Waals surface area contributed by atoms with E-state index in [1.165, 1.54) is 7.11 Å². The molecular weight excluding hydrogens is 622 g/mol. The van der Waals surface area contributed by atoms with Gasteiger partial charge in [-0.25, -0.2) is 4.79 Å². The van der Waals surface area contributed by atoms with Crippen LogP contribution in [0.5, 0.6) is 11.5 Å². The first-order valence-corrected chi connectivity index (χ1v) is 16.5. The Balaban J connectivity index is 1.47. The highest BCUT2D eigenvalue weighted by Crippen LogP contribution is 2.42. The van der Waals surface area contributed by atoms with Crippen LogP contribution in [0.25, 0.3) is 32.7 Å². The molecule has 1 aliphatic heterocycles. The number of nitrogens with two attached hydrogens (primary N) is 2. The second-order valence-electron chi connectivity index (χ2n) is 11.8. The second kappa shape index (κ2) is 17.0. The minimum Gasteiger partial charge on any atom is -0.493 e. The van der Waals surface area contributed by atoms with Crippen LogP contribution in [0.1, 0.15) is 38.5 Å². The number of guanidine groups is 1. The highest BCUT2D eigenvalue weighted by atomic mass is 16.5. The van der Waals surface area contributed by atoms with Gasteiger partial charge in [0.1, 0.15) is 30.2 Å². The molecule has 5 rings (SSSR count). The monoisotopic (exact) mass is 665 g/mol. The van der Waals surface area contributed by atoms with Gasteiger partial charge < -0.3 is 36.3 Å². The topological polar surface area (TPSA) is 167 Å². The van der Waals surface area contributed by atoms with Crippen LogP contribution in [-0.4, -0.2) is 62.7 Å². The number of hydrogen-bond donors (Lipinski definition) is 4. The molecule has 2 atom stereocenters. The third kappa shape index (κ3) is 9.28. The van der Waals surface area contributed by atoms with E-state index in [0.29, 0.717) is 43.7 Å². The van der Waals surface area contributed by atoms with E-state index >= 15 is 0 Å². The molecule has 0 unspecified atom stereocenters. The van der Waals surface area contributed by atoms with E-state index in [1.54, 1.807) is 12.2 Å². The molecule has 2 amide bonds. The minimum absolute atomic E-state index is 0.00698. The number of carbonyl (C=O) groups excluding carboxylic acids is 3. The molecule has 11 nitrogen and oxygen atoms in total. The van der Waals surface area contributed by atoms with Crippen molar-refractivity contribution in [3.8, 4) is 22.6 Å².